The Bertz CT molecular complexity index is 602. The Kier molecular flexibility index (Phi) is 5.78. The van der Waals surface area contributed by atoms with Gasteiger partial charge in [-0.15, -0.1) is 0 Å². The zero-order valence-electron chi connectivity index (χ0n) is 11.7. The van der Waals surface area contributed by atoms with Crippen molar-refractivity contribution < 1.29 is 9.53 Å². The van der Waals surface area contributed by atoms with Gasteiger partial charge in [-0.1, -0.05) is 34.1 Å². The number of hydrogen-bond donors (Lipinski definition) is 2. The van der Waals surface area contributed by atoms with Crippen molar-refractivity contribution in [2.45, 2.75) is 6.54 Å². The Balaban J connectivity index is 1.95. The molecule has 0 unspecified atom stereocenters. The van der Waals surface area contributed by atoms with Gasteiger partial charge in [-0.05, 0) is 37.4 Å². The quantitative estimate of drug-likeness (QED) is 0.842. The molecule has 0 fully saturated rings. The van der Waals surface area contributed by atoms with Gasteiger partial charge in [0.05, 0.1) is 0 Å². The normalized spacial score (nSPS) is 10.2. The van der Waals surface area contributed by atoms with E-state index in [9.17, 15) is 4.79 Å². The molecule has 0 aliphatic heterocycles. The van der Waals surface area contributed by atoms with Crippen molar-refractivity contribution in [2.24, 2.45) is 0 Å². The van der Waals surface area contributed by atoms with Crippen LogP contribution in [0, 0.1) is 0 Å². The first-order chi connectivity index (χ1) is 10.2. The van der Waals surface area contributed by atoms with E-state index in [0.29, 0.717) is 12.3 Å². The molecule has 0 spiro atoms. The predicted octanol–water partition coefficient (Wildman–Crippen LogP) is 3.19. The summed E-state index contributed by atoms with van der Waals surface area (Å²) >= 11 is 3.43. The Morgan fingerprint density at radius 2 is 1.95 bits per heavy atom. The molecular weight excluding hydrogens is 332 g/mol. The van der Waals surface area contributed by atoms with Gasteiger partial charge < -0.3 is 15.4 Å². The number of anilines is 1. The smallest absolute Gasteiger partial charge is 0.262 e. The van der Waals surface area contributed by atoms with Crippen molar-refractivity contribution in [2.75, 3.05) is 19.0 Å². The molecule has 0 saturated heterocycles. The monoisotopic (exact) mass is 348 g/mol. The lowest BCUT2D eigenvalue weighted by atomic mass is 10.2. The highest BCUT2D eigenvalue weighted by Gasteiger charge is 2.07. The summed E-state index contributed by atoms with van der Waals surface area (Å²) in [6.45, 7) is 0.655. The Hall–Kier alpha value is -1.85. The topological polar surface area (TPSA) is 50.4 Å². The maximum Gasteiger partial charge on any atom is 0.262 e. The average molecular weight is 349 g/mol. The van der Waals surface area contributed by atoms with E-state index in [0.717, 1.165) is 15.7 Å². The molecule has 0 radical (unpaired) electrons. The average Bonchev–Trinajstić information content (AvgIpc) is 2.48. The number of rotatable bonds is 6. The third kappa shape index (κ3) is 4.88. The van der Waals surface area contributed by atoms with E-state index in [1.54, 1.807) is 0 Å². The fourth-order valence-electron chi connectivity index (χ4n) is 1.88. The molecule has 4 nitrogen and oxygen atoms in total. The molecular formula is C16H17BrN2O2. The van der Waals surface area contributed by atoms with Crippen LogP contribution in [-0.2, 0) is 11.3 Å². The molecule has 2 aromatic carbocycles. The molecule has 0 bridgehead atoms. The van der Waals surface area contributed by atoms with Crippen LogP contribution in [0.4, 0.5) is 5.69 Å². The zero-order valence-corrected chi connectivity index (χ0v) is 13.3. The van der Waals surface area contributed by atoms with E-state index >= 15 is 0 Å². The number of nitrogens with one attached hydrogen (secondary N) is 2. The first-order valence-electron chi connectivity index (χ1n) is 6.60. The van der Waals surface area contributed by atoms with Crippen LogP contribution in [0.5, 0.6) is 5.75 Å². The standard InChI is InChI=1S/C16H17BrN2O2/c1-18-10-12-9-13(17)7-8-15(12)21-11-16(20)19-14-5-3-2-4-6-14/h2-9,18H,10-11H2,1H3,(H,19,20). The van der Waals surface area contributed by atoms with E-state index in [2.05, 4.69) is 26.6 Å². The molecule has 2 N–H and O–H groups in total. The minimum absolute atomic E-state index is 0.0206. The van der Waals surface area contributed by atoms with Crippen molar-refractivity contribution in [1.29, 1.82) is 0 Å². The van der Waals surface area contributed by atoms with Crippen molar-refractivity contribution in [3.8, 4) is 5.75 Å². The van der Waals surface area contributed by atoms with Crippen molar-refractivity contribution in [1.82, 2.24) is 5.32 Å². The van der Waals surface area contributed by atoms with Crippen LogP contribution >= 0.6 is 15.9 Å². The molecule has 21 heavy (non-hydrogen) atoms. The van der Waals surface area contributed by atoms with Gasteiger partial charge in [0.2, 0.25) is 0 Å². The summed E-state index contributed by atoms with van der Waals surface area (Å²) < 4.78 is 6.59. The predicted molar refractivity (Wildman–Crippen MR) is 87.5 cm³/mol. The molecule has 0 atom stereocenters. The van der Waals surface area contributed by atoms with Crippen LogP contribution in [0.2, 0.25) is 0 Å². The molecule has 0 aromatic heterocycles. The highest BCUT2D eigenvalue weighted by molar-refractivity contribution is 9.10. The fraction of sp³-hybridized carbons (Fsp3) is 0.188. The van der Waals surface area contributed by atoms with Gasteiger partial charge in [-0.25, -0.2) is 0 Å². The fourth-order valence-corrected chi connectivity index (χ4v) is 2.29. The summed E-state index contributed by atoms with van der Waals surface area (Å²) in [4.78, 5) is 11.9. The SMILES string of the molecule is CNCc1cc(Br)ccc1OCC(=O)Nc1ccccc1. The Morgan fingerprint density at radius 3 is 2.67 bits per heavy atom. The highest BCUT2D eigenvalue weighted by atomic mass is 79.9. The molecule has 0 saturated carbocycles. The molecule has 5 heteroatoms. The summed E-state index contributed by atoms with van der Waals surface area (Å²) in [7, 11) is 1.87. The molecule has 2 aromatic rings. The Labute approximate surface area is 132 Å². The summed E-state index contributed by atoms with van der Waals surface area (Å²) in [5, 5.41) is 5.86. The number of amides is 1. The molecule has 1 amide bonds. The minimum atomic E-state index is -0.181. The van der Waals surface area contributed by atoms with Gasteiger partial charge in [-0.3, -0.25) is 4.79 Å². The van der Waals surface area contributed by atoms with E-state index in [1.165, 1.54) is 0 Å². The summed E-state index contributed by atoms with van der Waals surface area (Å²) in [6, 6.07) is 15.0. The van der Waals surface area contributed by atoms with Crippen LogP contribution in [0.3, 0.4) is 0 Å². The third-order valence-corrected chi connectivity index (χ3v) is 3.30. The number of carbonyl (C=O) groups excluding carboxylic acids is 1. The van der Waals surface area contributed by atoms with Crippen molar-refractivity contribution in [3.05, 3.63) is 58.6 Å². The zero-order chi connectivity index (χ0) is 15.1. The van der Waals surface area contributed by atoms with Gasteiger partial charge in [-0.2, -0.15) is 0 Å². The minimum Gasteiger partial charge on any atom is -0.483 e. The van der Waals surface area contributed by atoms with Gasteiger partial charge >= 0.3 is 0 Å². The van der Waals surface area contributed by atoms with Crippen LogP contribution < -0.4 is 15.4 Å². The maximum absolute atomic E-state index is 11.9. The van der Waals surface area contributed by atoms with E-state index in [1.807, 2.05) is 55.6 Å². The van der Waals surface area contributed by atoms with Gasteiger partial charge in [0.15, 0.2) is 6.61 Å². The van der Waals surface area contributed by atoms with Crippen LogP contribution in [-0.4, -0.2) is 19.6 Å². The van der Waals surface area contributed by atoms with Crippen LogP contribution in [0.25, 0.3) is 0 Å². The number of para-hydroxylation sites is 1. The lowest BCUT2D eigenvalue weighted by Gasteiger charge is -2.12. The summed E-state index contributed by atoms with van der Waals surface area (Å²) in [5.41, 5.74) is 1.76. The lowest BCUT2D eigenvalue weighted by Crippen LogP contribution is -2.20. The lowest BCUT2D eigenvalue weighted by molar-refractivity contribution is -0.118. The second-order valence-corrected chi connectivity index (χ2v) is 5.40. The summed E-state index contributed by atoms with van der Waals surface area (Å²) in [5.74, 6) is 0.523. The van der Waals surface area contributed by atoms with E-state index < -0.39 is 0 Å². The largest absolute Gasteiger partial charge is 0.483 e. The van der Waals surface area contributed by atoms with Crippen molar-refractivity contribution in [3.63, 3.8) is 0 Å². The molecule has 2 rings (SSSR count). The second-order valence-electron chi connectivity index (χ2n) is 4.49. The van der Waals surface area contributed by atoms with Crippen LogP contribution in [0.15, 0.2) is 53.0 Å². The Morgan fingerprint density at radius 1 is 1.19 bits per heavy atom. The molecule has 0 aliphatic carbocycles. The third-order valence-electron chi connectivity index (χ3n) is 2.81. The maximum atomic E-state index is 11.9. The number of ether oxygens (including phenoxy) is 1. The first kappa shape index (κ1) is 15.5. The van der Waals surface area contributed by atoms with Gasteiger partial charge in [0, 0.05) is 22.3 Å². The van der Waals surface area contributed by atoms with Crippen LogP contribution in [0.1, 0.15) is 5.56 Å². The number of carbonyl (C=O) groups is 1. The highest BCUT2D eigenvalue weighted by Crippen LogP contribution is 2.23. The number of hydrogen-bond acceptors (Lipinski definition) is 3. The van der Waals surface area contributed by atoms with Gasteiger partial charge in [0.1, 0.15) is 5.75 Å². The van der Waals surface area contributed by atoms with E-state index in [4.69, 9.17) is 4.74 Å². The van der Waals surface area contributed by atoms with Crippen molar-refractivity contribution >= 4 is 27.5 Å². The first-order valence-corrected chi connectivity index (χ1v) is 7.39. The molecule has 0 aliphatic rings. The van der Waals surface area contributed by atoms with Gasteiger partial charge in [0.25, 0.3) is 5.91 Å². The number of benzene rings is 2. The molecule has 110 valence electrons. The van der Waals surface area contributed by atoms with E-state index in [-0.39, 0.29) is 12.5 Å². The molecule has 0 heterocycles. The second kappa shape index (κ2) is 7.81. The summed E-state index contributed by atoms with van der Waals surface area (Å²) in [6.07, 6.45) is 0. The number of halogens is 1.